The van der Waals surface area contributed by atoms with E-state index in [9.17, 15) is 4.79 Å². The van der Waals surface area contributed by atoms with Crippen LogP contribution in [0.15, 0.2) is 12.1 Å². The van der Waals surface area contributed by atoms with Gasteiger partial charge in [-0.2, -0.15) is 0 Å². The predicted molar refractivity (Wildman–Crippen MR) is 44.0 cm³/mol. The molecule has 1 heterocycles. The molecule has 0 aliphatic carbocycles. The van der Waals surface area contributed by atoms with E-state index in [1.807, 2.05) is 0 Å². The number of carbonyl (C=O) groups excluding carboxylic acids is 1. The Kier molecular flexibility index (Phi) is 2.79. The quantitative estimate of drug-likeness (QED) is 0.465. The summed E-state index contributed by atoms with van der Waals surface area (Å²) in [5, 5.41) is 7.28. The van der Waals surface area contributed by atoms with Gasteiger partial charge in [-0.25, -0.2) is 0 Å². The molecule has 1 rings (SSSR count). The van der Waals surface area contributed by atoms with Crippen LogP contribution in [0.4, 0.5) is 5.82 Å². The lowest BCUT2D eigenvalue weighted by Gasteiger charge is -1.88. The zero-order valence-electron chi connectivity index (χ0n) is 6.32. The fourth-order valence-electron chi connectivity index (χ4n) is 0.593. The topological polar surface area (TPSA) is 68.9 Å². The van der Waals surface area contributed by atoms with Gasteiger partial charge in [-0.1, -0.05) is 5.92 Å². The number of nitrogen functional groups attached to an aromatic ring is 1. The van der Waals surface area contributed by atoms with Crippen molar-refractivity contribution in [1.82, 2.24) is 10.2 Å². The Morgan fingerprint density at radius 1 is 1.50 bits per heavy atom. The average molecular weight is 161 g/mol. The van der Waals surface area contributed by atoms with Crippen LogP contribution in [0, 0.1) is 11.8 Å². The van der Waals surface area contributed by atoms with Crippen molar-refractivity contribution in [1.29, 1.82) is 0 Å². The number of nitrogens with zero attached hydrogens (tertiary/aromatic N) is 2. The summed E-state index contributed by atoms with van der Waals surface area (Å²) in [6, 6.07) is 3.26. The molecule has 1 aromatic rings. The summed E-state index contributed by atoms with van der Waals surface area (Å²) >= 11 is 0. The normalized spacial score (nSPS) is 8.33. The fourth-order valence-corrected chi connectivity index (χ4v) is 0.593. The first-order valence-corrected chi connectivity index (χ1v) is 3.34. The second-order valence-electron chi connectivity index (χ2n) is 2.02. The van der Waals surface area contributed by atoms with Crippen LogP contribution in [-0.2, 0) is 4.79 Å². The largest absolute Gasteiger partial charge is 0.382 e. The highest BCUT2D eigenvalue weighted by Crippen LogP contribution is 1.94. The predicted octanol–water partition coefficient (Wildman–Crippen LogP) is -0.000700. The highest BCUT2D eigenvalue weighted by atomic mass is 16.1. The van der Waals surface area contributed by atoms with Crippen molar-refractivity contribution in [3.8, 4) is 11.8 Å². The molecule has 0 spiro atoms. The van der Waals surface area contributed by atoms with Crippen molar-refractivity contribution in [2.75, 3.05) is 5.73 Å². The minimum Gasteiger partial charge on any atom is -0.382 e. The van der Waals surface area contributed by atoms with Gasteiger partial charge in [-0.3, -0.25) is 0 Å². The molecule has 1 aromatic heterocycles. The summed E-state index contributed by atoms with van der Waals surface area (Å²) in [6.45, 7) is 0. The van der Waals surface area contributed by atoms with E-state index in [1.54, 1.807) is 12.1 Å². The molecule has 2 N–H and O–H groups in total. The molecule has 4 heteroatoms. The Labute approximate surface area is 69.8 Å². The van der Waals surface area contributed by atoms with Crippen molar-refractivity contribution in [2.45, 2.75) is 6.42 Å². The zero-order chi connectivity index (χ0) is 8.81. The van der Waals surface area contributed by atoms with Crippen LogP contribution in [0.25, 0.3) is 0 Å². The van der Waals surface area contributed by atoms with Gasteiger partial charge >= 0.3 is 0 Å². The van der Waals surface area contributed by atoms with E-state index in [4.69, 9.17) is 5.73 Å². The second-order valence-corrected chi connectivity index (χ2v) is 2.02. The van der Waals surface area contributed by atoms with Gasteiger partial charge in [0.25, 0.3) is 0 Å². The molecule has 0 bridgehead atoms. The Bertz CT molecular complexity index is 320. The molecule has 0 saturated heterocycles. The molecular weight excluding hydrogens is 154 g/mol. The Hall–Kier alpha value is -1.89. The number of hydrogen-bond acceptors (Lipinski definition) is 4. The van der Waals surface area contributed by atoms with E-state index in [-0.39, 0.29) is 6.42 Å². The third-order valence-electron chi connectivity index (χ3n) is 1.09. The van der Waals surface area contributed by atoms with E-state index in [0.29, 0.717) is 11.5 Å². The first kappa shape index (κ1) is 8.21. The van der Waals surface area contributed by atoms with Crippen molar-refractivity contribution in [2.24, 2.45) is 0 Å². The summed E-state index contributed by atoms with van der Waals surface area (Å²) in [5.74, 6) is 5.63. The zero-order valence-corrected chi connectivity index (χ0v) is 6.32. The molecule has 0 radical (unpaired) electrons. The number of carbonyl (C=O) groups is 1. The summed E-state index contributed by atoms with van der Waals surface area (Å²) in [4.78, 5) is 9.89. The van der Waals surface area contributed by atoms with Crippen molar-refractivity contribution in [3.05, 3.63) is 17.8 Å². The number of aromatic nitrogens is 2. The number of anilines is 1. The van der Waals surface area contributed by atoms with Crippen molar-refractivity contribution in [3.63, 3.8) is 0 Å². The smallest absolute Gasteiger partial charge is 0.146 e. The number of rotatable bonds is 1. The molecule has 12 heavy (non-hydrogen) atoms. The van der Waals surface area contributed by atoms with Gasteiger partial charge in [0.2, 0.25) is 0 Å². The monoisotopic (exact) mass is 161 g/mol. The van der Waals surface area contributed by atoms with Crippen LogP contribution < -0.4 is 5.73 Å². The molecule has 0 amide bonds. The lowest BCUT2D eigenvalue weighted by Crippen LogP contribution is -1.93. The Balaban J connectivity index is 2.72. The summed E-state index contributed by atoms with van der Waals surface area (Å²) in [5.41, 5.74) is 5.82. The lowest BCUT2D eigenvalue weighted by atomic mass is 10.3. The molecular formula is C8H7N3O. The van der Waals surface area contributed by atoms with E-state index in [2.05, 4.69) is 22.0 Å². The van der Waals surface area contributed by atoms with Crippen LogP contribution in [0.3, 0.4) is 0 Å². The third kappa shape index (κ3) is 2.39. The molecule has 0 fully saturated rings. The van der Waals surface area contributed by atoms with Crippen LogP contribution in [-0.4, -0.2) is 16.5 Å². The van der Waals surface area contributed by atoms with Gasteiger partial charge in [0.15, 0.2) is 0 Å². The average Bonchev–Trinajstić information content (AvgIpc) is 2.09. The van der Waals surface area contributed by atoms with Crippen LogP contribution in [0.2, 0.25) is 0 Å². The molecule has 0 saturated carbocycles. The highest BCUT2D eigenvalue weighted by molar-refractivity contribution is 5.54. The van der Waals surface area contributed by atoms with Crippen LogP contribution in [0.5, 0.6) is 0 Å². The van der Waals surface area contributed by atoms with Crippen molar-refractivity contribution < 1.29 is 4.79 Å². The second kappa shape index (κ2) is 4.09. The first-order chi connectivity index (χ1) is 5.83. The molecule has 0 unspecified atom stereocenters. The molecule has 0 aliphatic rings. The van der Waals surface area contributed by atoms with Gasteiger partial charge in [-0.15, -0.1) is 10.2 Å². The maximum Gasteiger partial charge on any atom is 0.146 e. The Morgan fingerprint density at radius 2 is 2.33 bits per heavy atom. The SMILES string of the molecule is Nc1ccc(C#CCC=O)nn1. The van der Waals surface area contributed by atoms with Gasteiger partial charge in [0.1, 0.15) is 17.8 Å². The molecule has 0 aliphatic heterocycles. The minimum absolute atomic E-state index is 0.214. The maximum absolute atomic E-state index is 9.89. The van der Waals surface area contributed by atoms with Crippen molar-refractivity contribution >= 4 is 12.1 Å². The third-order valence-corrected chi connectivity index (χ3v) is 1.09. The lowest BCUT2D eigenvalue weighted by molar-refractivity contribution is -0.107. The van der Waals surface area contributed by atoms with E-state index in [1.165, 1.54) is 0 Å². The maximum atomic E-state index is 9.89. The van der Waals surface area contributed by atoms with Crippen LogP contribution in [0.1, 0.15) is 12.1 Å². The number of nitrogens with two attached hydrogens (primary N) is 1. The molecule has 0 atom stereocenters. The van der Waals surface area contributed by atoms with E-state index >= 15 is 0 Å². The molecule has 4 nitrogen and oxygen atoms in total. The summed E-state index contributed by atoms with van der Waals surface area (Å²) < 4.78 is 0. The number of hydrogen-bond donors (Lipinski definition) is 1. The minimum atomic E-state index is 0.214. The van der Waals surface area contributed by atoms with Gasteiger partial charge in [0.05, 0.1) is 6.42 Å². The first-order valence-electron chi connectivity index (χ1n) is 3.34. The molecule has 60 valence electrons. The highest BCUT2D eigenvalue weighted by Gasteiger charge is 1.87. The van der Waals surface area contributed by atoms with E-state index < -0.39 is 0 Å². The molecule has 0 aromatic carbocycles. The summed E-state index contributed by atoms with van der Waals surface area (Å²) in [7, 11) is 0. The van der Waals surface area contributed by atoms with Gasteiger partial charge < -0.3 is 10.5 Å². The van der Waals surface area contributed by atoms with Gasteiger partial charge in [0, 0.05) is 0 Å². The Morgan fingerprint density at radius 3 is 2.92 bits per heavy atom. The summed E-state index contributed by atoms with van der Waals surface area (Å²) in [6.07, 6.45) is 0.948. The van der Waals surface area contributed by atoms with E-state index in [0.717, 1.165) is 6.29 Å². The number of aldehydes is 1. The fraction of sp³-hybridized carbons (Fsp3) is 0.125. The van der Waals surface area contributed by atoms with Crippen LogP contribution >= 0.6 is 0 Å². The van der Waals surface area contributed by atoms with Gasteiger partial charge in [-0.05, 0) is 18.1 Å². The standard InChI is InChI=1S/C8H7N3O/c9-8-5-4-7(10-11-8)3-1-2-6-12/h4-6H,2H2,(H2,9,11).